The first kappa shape index (κ1) is 8.12. The highest BCUT2D eigenvalue weighted by Gasteiger charge is 1.95. The molecule has 1 aromatic carbocycles. The lowest BCUT2D eigenvalue weighted by atomic mass is 10.0. The summed E-state index contributed by atoms with van der Waals surface area (Å²) in [5, 5.41) is 0. The Morgan fingerprint density at radius 1 is 1.18 bits per heavy atom. The fraction of sp³-hybridized carbons (Fsp3) is 0.400. The number of anilines is 1. The molecule has 11 heavy (non-hydrogen) atoms. The van der Waals surface area contributed by atoms with Crippen LogP contribution >= 0.6 is 0 Å². The van der Waals surface area contributed by atoms with Crippen molar-refractivity contribution in [2.75, 3.05) is 5.73 Å². The predicted molar refractivity (Wildman–Crippen MR) is 49.4 cm³/mol. The first-order chi connectivity index (χ1) is 5.18. The van der Waals surface area contributed by atoms with Crippen LogP contribution in [0.4, 0.5) is 5.69 Å². The van der Waals surface area contributed by atoms with Crippen LogP contribution in [0.15, 0.2) is 24.3 Å². The van der Waals surface area contributed by atoms with Gasteiger partial charge in [-0.3, -0.25) is 0 Å². The van der Waals surface area contributed by atoms with E-state index >= 15 is 0 Å². The molecule has 2 N–H and O–H groups in total. The van der Waals surface area contributed by atoms with Crippen LogP contribution < -0.4 is 5.73 Å². The second kappa shape index (κ2) is 3.42. The molecule has 0 bridgehead atoms. The molecule has 0 saturated heterocycles. The lowest BCUT2D eigenvalue weighted by molar-refractivity contribution is 0.647. The fourth-order valence-electron chi connectivity index (χ4n) is 1.13. The zero-order valence-electron chi connectivity index (χ0n) is 7.17. The summed E-state index contributed by atoms with van der Waals surface area (Å²) < 4.78 is 0. The maximum Gasteiger partial charge on any atom is 0.0314 e. The monoisotopic (exact) mass is 149 g/mol. The molecule has 0 aliphatic heterocycles. The molecule has 0 unspecified atom stereocenters. The van der Waals surface area contributed by atoms with Crippen molar-refractivity contribution in [1.82, 2.24) is 0 Å². The summed E-state index contributed by atoms with van der Waals surface area (Å²) in [7, 11) is 0. The smallest absolute Gasteiger partial charge is 0.0314 e. The second-order valence-corrected chi connectivity index (χ2v) is 3.34. The van der Waals surface area contributed by atoms with Crippen LogP contribution in [0.5, 0.6) is 0 Å². The molecule has 1 rings (SSSR count). The van der Waals surface area contributed by atoms with E-state index in [4.69, 9.17) is 5.73 Å². The molecular formula is C10H15N. The van der Waals surface area contributed by atoms with Crippen molar-refractivity contribution in [3.8, 4) is 0 Å². The van der Waals surface area contributed by atoms with Crippen molar-refractivity contribution in [2.24, 2.45) is 5.92 Å². The molecule has 0 aliphatic carbocycles. The van der Waals surface area contributed by atoms with Gasteiger partial charge in [0, 0.05) is 5.69 Å². The van der Waals surface area contributed by atoms with E-state index < -0.39 is 0 Å². The minimum absolute atomic E-state index is 0.721. The first-order valence-corrected chi connectivity index (χ1v) is 4.03. The Hall–Kier alpha value is -0.980. The van der Waals surface area contributed by atoms with E-state index in [9.17, 15) is 0 Å². The van der Waals surface area contributed by atoms with Crippen molar-refractivity contribution in [3.63, 3.8) is 0 Å². The zero-order chi connectivity index (χ0) is 8.27. The van der Waals surface area contributed by atoms with E-state index in [-0.39, 0.29) is 0 Å². The van der Waals surface area contributed by atoms with Crippen LogP contribution in [0.3, 0.4) is 0 Å². The molecule has 0 amide bonds. The molecule has 0 radical (unpaired) electrons. The van der Waals surface area contributed by atoms with Gasteiger partial charge in [-0.05, 0) is 30.0 Å². The molecule has 0 saturated carbocycles. The Kier molecular flexibility index (Phi) is 2.53. The maximum atomic E-state index is 5.56. The predicted octanol–water partition coefficient (Wildman–Crippen LogP) is 2.47. The molecule has 1 heteroatoms. The van der Waals surface area contributed by atoms with Gasteiger partial charge in [-0.1, -0.05) is 26.0 Å². The Morgan fingerprint density at radius 2 is 1.73 bits per heavy atom. The van der Waals surface area contributed by atoms with Crippen LogP contribution in [0.2, 0.25) is 0 Å². The highest BCUT2D eigenvalue weighted by molar-refractivity contribution is 5.39. The number of nitrogen functional groups attached to an aromatic ring is 1. The van der Waals surface area contributed by atoms with Gasteiger partial charge in [0.25, 0.3) is 0 Å². The number of benzene rings is 1. The lowest BCUT2D eigenvalue weighted by Crippen LogP contribution is -1.94. The van der Waals surface area contributed by atoms with Gasteiger partial charge in [0.2, 0.25) is 0 Å². The third-order valence-corrected chi connectivity index (χ3v) is 1.62. The molecule has 60 valence electrons. The SMILES string of the molecule is CC(C)Cc1ccc(N)cc1. The average molecular weight is 149 g/mol. The summed E-state index contributed by atoms with van der Waals surface area (Å²) in [6.45, 7) is 4.44. The zero-order valence-corrected chi connectivity index (χ0v) is 7.17. The third kappa shape index (κ3) is 2.62. The minimum Gasteiger partial charge on any atom is -0.399 e. The van der Waals surface area contributed by atoms with Crippen molar-refractivity contribution in [1.29, 1.82) is 0 Å². The molecular weight excluding hydrogens is 134 g/mol. The Labute approximate surface area is 68.2 Å². The molecule has 0 atom stereocenters. The highest BCUT2D eigenvalue weighted by atomic mass is 14.5. The molecule has 0 fully saturated rings. The largest absolute Gasteiger partial charge is 0.399 e. The van der Waals surface area contributed by atoms with Crippen molar-refractivity contribution in [3.05, 3.63) is 29.8 Å². The average Bonchev–Trinajstić information content (AvgIpc) is 1.93. The van der Waals surface area contributed by atoms with Crippen LogP contribution in [-0.2, 0) is 6.42 Å². The van der Waals surface area contributed by atoms with E-state index in [0.29, 0.717) is 0 Å². The van der Waals surface area contributed by atoms with Crippen molar-refractivity contribution >= 4 is 5.69 Å². The molecule has 0 spiro atoms. The van der Waals surface area contributed by atoms with Gasteiger partial charge in [-0.25, -0.2) is 0 Å². The summed E-state index contributed by atoms with van der Waals surface area (Å²) >= 11 is 0. The normalized spacial score (nSPS) is 10.5. The fourth-order valence-corrected chi connectivity index (χ4v) is 1.13. The van der Waals surface area contributed by atoms with Gasteiger partial charge in [-0.15, -0.1) is 0 Å². The molecule has 0 heterocycles. The summed E-state index contributed by atoms with van der Waals surface area (Å²) in [4.78, 5) is 0. The summed E-state index contributed by atoms with van der Waals surface area (Å²) in [5.41, 5.74) is 7.77. The van der Waals surface area contributed by atoms with Gasteiger partial charge in [-0.2, -0.15) is 0 Å². The Balaban J connectivity index is 2.66. The highest BCUT2D eigenvalue weighted by Crippen LogP contribution is 2.09. The number of hydrogen-bond acceptors (Lipinski definition) is 1. The van der Waals surface area contributed by atoms with Crippen molar-refractivity contribution < 1.29 is 0 Å². The summed E-state index contributed by atoms with van der Waals surface area (Å²) in [6.07, 6.45) is 1.14. The number of hydrogen-bond donors (Lipinski definition) is 1. The third-order valence-electron chi connectivity index (χ3n) is 1.62. The van der Waals surface area contributed by atoms with Gasteiger partial charge >= 0.3 is 0 Å². The van der Waals surface area contributed by atoms with Crippen molar-refractivity contribution in [2.45, 2.75) is 20.3 Å². The van der Waals surface area contributed by atoms with Gasteiger partial charge in [0.15, 0.2) is 0 Å². The molecule has 0 aromatic heterocycles. The molecule has 1 aromatic rings. The number of rotatable bonds is 2. The van der Waals surface area contributed by atoms with E-state index in [1.165, 1.54) is 5.56 Å². The van der Waals surface area contributed by atoms with Crippen LogP contribution in [-0.4, -0.2) is 0 Å². The molecule has 1 nitrogen and oxygen atoms in total. The number of nitrogens with two attached hydrogens (primary N) is 1. The minimum atomic E-state index is 0.721. The Bertz CT molecular complexity index is 211. The van der Waals surface area contributed by atoms with Gasteiger partial charge in [0.1, 0.15) is 0 Å². The van der Waals surface area contributed by atoms with Gasteiger partial charge < -0.3 is 5.73 Å². The van der Waals surface area contributed by atoms with Crippen LogP contribution in [0.25, 0.3) is 0 Å². The van der Waals surface area contributed by atoms with Gasteiger partial charge in [0.05, 0.1) is 0 Å². The summed E-state index contributed by atoms with van der Waals surface area (Å²) in [5.74, 6) is 0.721. The first-order valence-electron chi connectivity index (χ1n) is 4.03. The van der Waals surface area contributed by atoms with Crippen LogP contribution in [0, 0.1) is 5.92 Å². The van der Waals surface area contributed by atoms with E-state index in [0.717, 1.165) is 18.0 Å². The quantitative estimate of drug-likeness (QED) is 0.642. The van der Waals surface area contributed by atoms with E-state index in [1.54, 1.807) is 0 Å². The van der Waals surface area contributed by atoms with E-state index in [2.05, 4.69) is 26.0 Å². The van der Waals surface area contributed by atoms with Crippen LogP contribution in [0.1, 0.15) is 19.4 Å². The second-order valence-electron chi connectivity index (χ2n) is 3.34. The van der Waals surface area contributed by atoms with E-state index in [1.807, 2.05) is 12.1 Å². The molecule has 0 aliphatic rings. The maximum absolute atomic E-state index is 5.56. The summed E-state index contributed by atoms with van der Waals surface area (Å²) in [6, 6.07) is 8.10. The Morgan fingerprint density at radius 3 is 2.18 bits per heavy atom. The topological polar surface area (TPSA) is 26.0 Å². The standard InChI is InChI=1S/C10H15N/c1-8(2)7-9-3-5-10(11)6-4-9/h3-6,8H,7,11H2,1-2H3. The lowest BCUT2D eigenvalue weighted by Gasteiger charge is -2.03.